The maximum absolute atomic E-state index is 13.3. The lowest BCUT2D eigenvalue weighted by atomic mass is 9.98. The van der Waals surface area contributed by atoms with Crippen LogP contribution in [0.2, 0.25) is 0 Å². The van der Waals surface area contributed by atoms with Gasteiger partial charge in [-0.2, -0.15) is 5.26 Å². The molecule has 12 nitrogen and oxygen atoms in total. The Hall–Kier alpha value is -4.08. The molecule has 5 heterocycles. The number of hydrogen-bond donors (Lipinski definition) is 2. The average Bonchev–Trinajstić information content (AvgIpc) is 3.49. The summed E-state index contributed by atoms with van der Waals surface area (Å²) in [7, 11) is 1.74. The van der Waals surface area contributed by atoms with Crippen molar-refractivity contribution >= 4 is 35.5 Å². The van der Waals surface area contributed by atoms with Crippen molar-refractivity contribution in [3.05, 3.63) is 40.7 Å². The van der Waals surface area contributed by atoms with E-state index in [0.29, 0.717) is 87.6 Å². The normalized spacial score (nSPS) is 18.9. The summed E-state index contributed by atoms with van der Waals surface area (Å²) in [6.07, 6.45) is 5.71. The van der Waals surface area contributed by atoms with Crippen molar-refractivity contribution < 1.29 is 23.9 Å². The van der Waals surface area contributed by atoms with Crippen LogP contribution in [0.15, 0.2) is 18.3 Å². The molecule has 2 aromatic heterocycles. The summed E-state index contributed by atoms with van der Waals surface area (Å²) in [5, 5.41) is 15.6. The monoisotopic (exact) mass is 547 g/mol. The van der Waals surface area contributed by atoms with Gasteiger partial charge in [0.05, 0.1) is 23.9 Å². The number of amides is 3. The Morgan fingerprint density at radius 2 is 2.02 bits per heavy atom. The molecular formula is C28H33N7O5. The number of fused-ring (bicyclic) bond motifs is 1. The molecule has 2 saturated heterocycles. The van der Waals surface area contributed by atoms with Gasteiger partial charge in [-0.15, -0.1) is 0 Å². The Balaban J connectivity index is 1.32. The summed E-state index contributed by atoms with van der Waals surface area (Å²) in [6, 6.07) is 5.29. The number of nitriles is 1. The molecule has 1 unspecified atom stereocenters. The number of pyridine rings is 2. The third-order valence-corrected chi connectivity index (χ3v) is 7.53. The number of rotatable bonds is 7. The van der Waals surface area contributed by atoms with Gasteiger partial charge in [0, 0.05) is 63.7 Å². The van der Waals surface area contributed by atoms with E-state index in [4.69, 9.17) is 9.47 Å². The second kappa shape index (κ2) is 12.4. The summed E-state index contributed by atoms with van der Waals surface area (Å²) in [6.45, 7) is 3.04. The number of hydrogen-bond acceptors (Lipinski definition) is 9. The lowest BCUT2D eigenvalue weighted by Crippen LogP contribution is -2.40. The molecule has 2 fully saturated rings. The Morgan fingerprint density at radius 1 is 1.23 bits per heavy atom. The smallest absolute Gasteiger partial charge is 0.328 e. The SMILES string of the molecule is CN(Cc1cc2c(nc1C=O)N(C(=O)Nc1cc(NC3CCOC3)c(C#N)cn1)CCC2)C(=O)C1CCOCC1. The summed E-state index contributed by atoms with van der Waals surface area (Å²) in [5.74, 6) is 0.658. The van der Waals surface area contributed by atoms with E-state index in [1.807, 2.05) is 6.07 Å². The van der Waals surface area contributed by atoms with E-state index >= 15 is 0 Å². The number of nitrogens with zero attached hydrogens (tertiary/aromatic N) is 5. The molecule has 210 valence electrons. The third-order valence-electron chi connectivity index (χ3n) is 7.53. The van der Waals surface area contributed by atoms with E-state index in [9.17, 15) is 19.6 Å². The van der Waals surface area contributed by atoms with E-state index in [2.05, 4.69) is 26.7 Å². The molecule has 0 saturated carbocycles. The quantitative estimate of drug-likeness (QED) is 0.499. The number of aldehydes is 1. The van der Waals surface area contributed by atoms with Crippen LogP contribution >= 0.6 is 0 Å². The van der Waals surface area contributed by atoms with Crippen molar-refractivity contribution in [2.24, 2.45) is 5.92 Å². The third kappa shape index (κ3) is 6.05. The Labute approximate surface area is 232 Å². The van der Waals surface area contributed by atoms with E-state index < -0.39 is 6.03 Å². The van der Waals surface area contributed by atoms with Gasteiger partial charge in [0.2, 0.25) is 5.91 Å². The van der Waals surface area contributed by atoms with Gasteiger partial charge < -0.3 is 19.7 Å². The van der Waals surface area contributed by atoms with Gasteiger partial charge in [-0.05, 0) is 43.7 Å². The minimum Gasteiger partial charge on any atom is -0.381 e. The molecule has 2 N–H and O–H groups in total. The molecular weight excluding hydrogens is 514 g/mol. The van der Waals surface area contributed by atoms with Gasteiger partial charge in [-0.3, -0.25) is 19.8 Å². The van der Waals surface area contributed by atoms with Crippen LogP contribution in [0.3, 0.4) is 0 Å². The van der Waals surface area contributed by atoms with E-state index in [1.165, 1.54) is 11.1 Å². The fraction of sp³-hybridized carbons (Fsp3) is 0.500. The second-order valence-corrected chi connectivity index (χ2v) is 10.3. The molecule has 2 aromatic rings. The molecule has 40 heavy (non-hydrogen) atoms. The molecule has 1 atom stereocenters. The number of aryl methyl sites for hydroxylation is 1. The molecule has 0 bridgehead atoms. The zero-order valence-corrected chi connectivity index (χ0v) is 22.5. The first-order valence-corrected chi connectivity index (χ1v) is 13.6. The van der Waals surface area contributed by atoms with Gasteiger partial charge in [-0.1, -0.05) is 0 Å². The Bertz CT molecular complexity index is 1310. The van der Waals surface area contributed by atoms with E-state index in [0.717, 1.165) is 12.0 Å². The number of aromatic nitrogens is 2. The molecule has 5 rings (SSSR count). The van der Waals surface area contributed by atoms with Crippen LogP contribution in [0, 0.1) is 17.2 Å². The highest BCUT2D eigenvalue weighted by atomic mass is 16.5. The van der Waals surface area contributed by atoms with Crippen LogP contribution in [0.25, 0.3) is 0 Å². The van der Waals surface area contributed by atoms with Crippen molar-refractivity contribution in [1.29, 1.82) is 5.26 Å². The summed E-state index contributed by atoms with van der Waals surface area (Å²) >= 11 is 0. The van der Waals surface area contributed by atoms with Gasteiger partial charge in [0.15, 0.2) is 6.29 Å². The number of anilines is 3. The molecule has 12 heteroatoms. The summed E-state index contributed by atoms with van der Waals surface area (Å²) < 4.78 is 10.8. The summed E-state index contributed by atoms with van der Waals surface area (Å²) in [5.41, 5.74) is 2.64. The number of urea groups is 1. The van der Waals surface area contributed by atoms with Gasteiger partial charge >= 0.3 is 6.03 Å². The van der Waals surface area contributed by atoms with Crippen LogP contribution in [-0.2, 0) is 27.2 Å². The van der Waals surface area contributed by atoms with Gasteiger partial charge in [0.1, 0.15) is 23.4 Å². The molecule has 3 aliphatic heterocycles. The minimum absolute atomic E-state index is 0.0307. The highest BCUT2D eigenvalue weighted by molar-refractivity contribution is 6.02. The van der Waals surface area contributed by atoms with Crippen molar-refractivity contribution in [3.8, 4) is 6.07 Å². The fourth-order valence-corrected chi connectivity index (χ4v) is 5.35. The number of carbonyl (C=O) groups excluding carboxylic acids is 3. The summed E-state index contributed by atoms with van der Waals surface area (Å²) in [4.78, 5) is 50.2. The molecule has 3 amide bonds. The zero-order valence-electron chi connectivity index (χ0n) is 22.5. The molecule has 0 aromatic carbocycles. The number of ether oxygens (including phenoxy) is 2. The van der Waals surface area contributed by atoms with Crippen LogP contribution in [-0.4, -0.2) is 79.2 Å². The lowest BCUT2D eigenvalue weighted by Gasteiger charge is -2.30. The van der Waals surface area contributed by atoms with Gasteiger partial charge in [0.25, 0.3) is 0 Å². The van der Waals surface area contributed by atoms with Crippen molar-refractivity contribution in [3.63, 3.8) is 0 Å². The highest BCUT2D eigenvalue weighted by Gasteiger charge is 2.29. The minimum atomic E-state index is -0.433. The van der Waals surface area contributed by atoms with Crippen LogP contribution in [0.5, 0.6) is 0 Å². The van der Waals surface area contributed by atoms with Crippen LogP contribution < -0.4 is 15.5 Å². The predicted octanol–water partition coefficient (Wildman–Crippen LogP) is 2.73. The van der Waals surface area contributed by atoms with Crippen molar-refractivity contribution in [1.82, 2.24) is 14.9 Å². The first-order chi connectivity index (χ1) is 19.5. The van der Waals surface area contributed by atoms with Crippen LogP contribution in [0.1, 0.15) is 52.9 Å². The van der Waals surface area contributed by atoms with Gasteiger partial charge in [-0.25, -0.2) is 14.8 Å². The Kier molecular flexibility index (Phi) is 8.52. The molecule has 0 radical (unpaired) electrons. The fourth-order valence-electron chi connectivity index (χ4n) is 5.35. The lowest BCUT2D eigenvalue weighted by molar-refractivity contribution is -0.137. The number of carbonyl (C=O) groups is 3. The van der Waals surface area contributed by atoms with Crippen molar-refractivity contribution in [2.75, 3.05) is 55.6 Å². The highest BCUT2D eigenvalue weighted by Crippen LogP contribution is 2.29. The maximum atomic E-state index is 13.3. The number of nitrogens with one attached hydrogen (secondary N) is 2. The first kappa shape index (κ1) is 27.5. The Morgan fingerprint density at radius 3 is 2.75 bits per heavy atom. The first-order valence-electron chi connectivity index (χ1n) is 13.6. The van der Waals surface area contributed by atoms with E-state index in [-0.39, 0.29) is 35.9 Å². The average molecular weight is 548 g/mol. The van der Waals surface area contributed by atoms with Crippen LogP contribution in [0.4, 0.5) is 22.1 Å². The second-order valence-electron chi connectivity index (χ2n) is 10.3. The standard InChI is InChI=1S/C28H33N7O5/c1-34(27(37)18-4-8-39-9-5-18)15-20-11-19-3-2-7-35(26(19)32-24(20)16-36)28(38)33-25-12-23(21(13-29)14-30-25)31-22-6-10-40-17-22/h11-12,14,16,18,22H,2-10,15,17H2,1H3,(H2,30,31,33,38). The van der Waals surface area contributed by atoms with E-state index in [1.54, 1.807) is 18.0 Å². The predicted molar refractivity (Wildman–Crippen MR) is 146 cm³/mol. The largest absolute Gasteiger partial charge is 0.381 e. The zero-order chi connectivity index (χ0) is 28.1. The van der Waals surface area contributed by atoms with Crippen molar-refractivity contribution in [2.45, 2.75) is 44.7 Å². The molecule has 3 aliphatic rings. The molecule has 0 aliphatic carbocycles. The molecule has 0 spiro atoms. The topological polar surface area (TPSA) is 150 Å². The maximum Gasteiger partial charge on any atom is 0.328 e.